The minimum Gasteiger partial charge on any atom is -0.437 e. The lowest BCUT2D eigenvalue weighted by atomic mass is 10.1. The number of anilines is 2. The van der Waals surface area contributed by atoms with E-state index in [1.807, 2.05) is 17.0 Å². The number of benzene rings is 2. The summed E-state index contributed by atoms with van der Waals surface area (Å²) in [4.78, 5) is 27.2. The van der Waals surface area contributed by atoms with Crippen molar-refractivity contribution in [3.8, 4) is 22.9 Å². The zero-order chi connectivity index (χ0) is 26.2. The van der Waals surface area contributed by atoms with E-state index in [4.69, 9.17) is 4.74 Å². The van der Waals surface area contributed by atoms with E-state index < -0.39 is 11.7 Å². The van der Waals surface area contributed by atoms with E-state index in [0.717, 1.165) is 23.4 Å². The number of nitrogens with one attached hydrogen (secondary N) is 2. The van der Waals surface area contributed by atoms with E-state index in [1.165, 1.54) is 30.4 Å². The summed E-state index contributed by atoms with van der Waals surface area (Å²) in [5.41, 5.74) is 0.764. The number of rotatable bonds is 5. The third-order valence-corrected chi connectivity index (χ3v) is 6.67. The monoisotopic (exact) mass is 528 g/mol. The van der Waals surface area contributed by atoms with Crippen LogP contribution in [-0.4, -0.2) is 46.5 Å². The summed E-state index contributed by atoms with van der Waals surface area (Å²) in [6.07, 6.45) is -4.43. The number of hydrogen-bond acceptors (Lipinski definition) is 8. The number of fused-ring (bicyclic) bond motifs is 1. The highest BCUT2D eigenvalue weighted by atomic mass is 32.1. The molecule has 2 aromatic heterocycles. The number of thiazole rings is 1. The Morgan fingerprint density at radius 1 is 1.16 bits per heavy atom. The SMILES string of the molecule is CC(=O)Nc1nc2c(Oc3cc(-c4ccc(C(F)(F)F)cc4)nc(N4CCN[C@@H](C)C4)n3)cccc2s1. The van der Waals surface area contributed by atoms with Crippen LogP contribution in [0.15, 0.2) is 48.5 Å². The first-order chi connectivity index (χ1) is 17.7. The number of carbonyl (C=O) groups excluding carboxylic acids is 1. The zero-order valence-electron chi connectivity index (χ0n) is 20.0. The number of piperazine rings is 1. The average Bonchev–Trinajstić information content (AvgIpc) is 3.26. The summed E-state index contributed by atoms with van der Waals surface area (Å²) in [6.45, 7) is 5.54. The van der Waals surface area contributed by atoms with Gasteiger partial charge in [0.15, 0.2) is 10.9 Å². The van der Waals surface area contributed by atoms with Crippen LogP contribution in [0.4, 0.5) is 24.3 Å². The third kappa shape index (κ3) is 5.65. The molecule has 0 radical (unpaired) electrons. The van der Waals surface area contributed by atoms with E-state index in [-0.39, 0.29) is 17.8 Å². The zero-order valence-corrected chi connectivity index (χ0v) is 20.8. The Bertz CT molecular complexity index is 1440. The summed E-state index contributed by atoms with van der Waals surface area (Å²) < 4.78 is 46.2. The summed E-state index contributed by atoms with van der Waals surface area (Å²) in [6, 6.07) is 12.1. The van der Waals surface area contributed by atoms with Gasteiger partial charge in [0.2, 0.25) is 17.7 Å². The van der Waals surface area contributed by atoms with Crippen molar-refractivity contribution in [1.29, 1.82) is 0 Å². The number of carbonyl (C=O) groups is 1. The molecule has 0 unspecified atom stereocenters. The van der Waals surface area contributed by atoms with E-state index in [9.17, 15) is 18.0 Å². The normalized spacial score (nSPS) is 16.1. The van der Waals surface area contributed by atoms with Gasteiger partial charge in [-0.05, 0) is 31.2 Å². The first kappa shape index (κ1) is 24.9. The van der Waals surface area contributed by atoms with Crippen molar-refractivity contribution >= 4 is 38.5 Å². The number of alkyl halides is 3. The third-order valence-electron chi connectivity index (χ3n) is 5.73. The Balaban J connectivity index is 1.54. The first-order valence-corrected chi connectivity index (χ1v) is 12.4. The fourth-order valence-electron chi connectivity index (χ4n) is 4.02. The number of para-hydroxylation sites is 1. The van der Waals surface area contributed by atoms with E-state index in [2.05, 4.69) is 32.5 Å². The molecule has 5 rings (SSSR count). The van der Waals surface area contributed by atoms with Gasteiger partial charge in [0.25, 0.3) is 0 Å². The fourth-order valence-corrected chi connectivity index (χ4v) is 4.95. The molecule has 12 heteroatoms. The molecule has 0 spiro atoms. The fraction of sp³-hybridized carbons (Fsp3) is 0.280. The Labute approximate surface area is 214 Å². The van der Waals surface area contributed by atoms with E-state index >= 15 is 0 Å². The second kappa shape index (κ2) is 9.94. The van der Waals surface area contributed by atoms with E-state index in [0.29, 0.717) is 46.7 Å². The molecule has 1 aliphatic heterocycles. The standard InChI is InChI=1S/C25H23F3N6O2S/c1-14-13-34(11-10-29-14)23-31-18(16-6-8-17(9-7-16)25(26,27)28)12-21(32-23)36-19-4-3-5-20-22(19)33-24(37-20)30-15(2)35/h3-9,12,14,29H,10-11,13H2,1-2H3,(H,30,33,35)/t14-/m0/s1. The van der Waals surface area contributed by atoms with Gasteiger partial charge in [0.1, 0.15) is 5.52 Å². The second-order valence-corrected chi connectivity index (χ2v) is 9.70. The van der Waals surface area contributed by atoms with Crippen molar-refractivity contribution in [2.75, 3.05) is 29.9 Å². The lowest BCUT2D eigenvalue weighted by Gasteiger charge is -2.32. The molecule has 3 heterocycles. The second-order valence-electron chi connectivity index (χ2n) is 8.67. The van der Waals surface area contributed by atoms with Gasteiger partial charge in [-0.15, -0.1) is 0 Å². The van der Waals surface area contributed by atoms with Crippen molar-refractivity contribution in [2.45, 2.75) is 26.1 Å². The minimum atomic E-state index is -4.43. The molecule has 0 aliphatic carbocycles. The highest BCUT2D eigenvalue weighted by molar-refractivity contribution is 7.22. The lowest BCUT2D eigenvalue weighted by Crippen LogP contribution is -2.49. The van der Waals surface area contributed by atoms with Crippen LogP contribution in [0.1, 0.15) is 19.4 Å². The van der Waals surface area contributed by atoms with Gasteiger partial charge in [-0.2, -0.15) is 18.2 Å². The van der Waals surface area contributed by atoms with Crippen molar-refractivity contribution in [1.82, 2.24) is 20.3 Å². The molecule has 192 valence electrons. The summed E-state index contributed by atoms with van der Waals surface area (Å²) >= 11 is 1.32. The van der Waals surface area contributed by atoms with Crippen LogP contribution >= 0.6 is 11.3 Å². The Kier molecular flexibility index (Phi) is 6.69. The van der Waals surface area contributed by atoms with Crippen LogP contribution in [0.3, 0.4) is 0 Å². The van der Waals surface area contributed by atoms with Crippen LogP contribution in [0, 0.1) is 0 Å². The van der Waals surface area contributed by atoms with E-state index in [1.54, 1.807) is 12.1 Å². The number of hydrogen-bond donors (Lipinski definition) is 2. The maximum Gasteiger partial charge on any atom is 0.416 e. The van der Waals surface area contributed by atoms with Crippen LogP contribution in [0.2, 0.25) is 0 Å². The summed E-state index contributed by atoms with van der Waals surface area (Å²) in [5, 5.41) is 6.49. The number of halogens is 3. The quantitative estimate of drug-likeness (QED) is 0.362. The summed E-state index contributed by atoms with van der Waals surface area (Å²) in [7, 11) is 0. The number of amides is 1. The molecule has 0 bridgehead atoms. The molecule has 8 nitrogen and oxygen atoms in total. The topological polar surface area (TPSA) is 92.3 Å². The first-order valence-electron chi connectivity index (χ1n) is 11.6. The van der Waals surface area contributed by atoms with Gasteiger partial charge >= 0.3 is 6.18 Å². The van der Waals surface area contributed by atoms with Gasteiger partial charge in [0.05, 0.1) is 16.0 Å². The Morgan fingerprint density at radius 3 is 2.65 bits per heavy atom. The molecule has 1 atom stereocenters. The molecular formula is C25H23F3N6O2S. The highest BCUT2D eigenvalue weighted by Crippen LogP contribution is 2.36. The molecule has 0 saturated carbocycles. The number of nitrogens with zero attached hydrogens (tertiary/aromatic N) is 4. The molecule has 1 amide bonds. The molecule has 4 aromatic rings. The van der Waals surface area contributed by atoms with Crippen molar-refractivity contribution in [3.63, 3.8) is 0 Å². The highest BCUT2D eigenvalue weighted by Gasteiger charge is 2.30. The summed E-state index contributed by atoms with van der Waals surface area (Å²) in [5.74, 6) is 0.855. The molecule has 37 heavy (non-hydrogen) atoms. The van der Waals surface area contributed by atoms with Crippen LogP contribution in [-0.2, 0) is 11.0 Å². The molecular weight excluding hydrogens is 505 g/mol. The van der Waals surface area contributed by atoms with Crippen LogP contribution in [0.5, 0.6) is 11.6 Å². The van der Waals surface area contributed by atoms with Gasteiger partial charge < -0.3 is 20.3 Å². The van der Waals surface area contributed by atoms with Crippen molar-refractivity contribution in [2.24, 2.45) is 0 Å². The molecule has 2 aromatic carbocycles. The largest absolute Gasteiger partial charge is 0.437 e. The van der Waals surface area contributed by atoms with Crippen molar-refractivity contribution < 1.29 is 22.7 Å². The smallest absolute Gasteiger partial charge is 0.416 e. The van der Waals surface area contributed by atoms with Gasteiger partial charge in [-0.3, -0.25) is 4.79 Å². The maximum atomic E-state index is 13.1. The Morgan fingerprint density at radius 2 is 1.95 bits per heavy atom. The van der Waals surface area contributed by atoms with Crippen LogP contribution < -0.4 is 20.3 Å². The molecule has 2 N–H and O–H groups in total. The van der Waals surface area contributed by atoms with Gasteiger partial charge in [-0.1, -0.05) is 29.5 Å². The molecule has 1 saturated heterocycles. The molecule has 1 fully saturated rings. The average molecular weight is 529 g/mol. The van der Waals surface area contributed by atoms with Crippen molar-refractivity contribution in [3.05, 3.63) is 54.1 Å². The Hall–Kier alpha value is -3.77. The predicted octanol–water partition coefficient (Wildman–Crippen LogP) is 5.32. The van der Waals surface area contributed by atoms with Gasteiger partial charge in [0, 0.05) is 44.2 Å². The maximum absolute atomic E-state index is 13.1. The predicted molar refractivity (Wildman–Crippen MR) is 136 cm³/mol. The minimum absolute atomic E-state index is 0.215. The number of ether oxygens (including phenoxy) is 1. The molecule has 1 aliphatic rings. The van der Waals surface area contributed by atoms with Crippen LogP contribution in [0.25, 0.3) is 21.5 Å². The lowest BCUT2D eigenvalue weighted by molar-refractivity contribution is -0.137. The van der Waals surface area contributed by atoms with Gasteiger partial charge in [-0.25, -0.2) is 9.97 Å². The number of aromatic nitrogens is 3.